The lowest BCUT2D eigenvalue weighted by Crippen LogP contribution is -2.42. The molecular formula is C15H21BrN4OS. The number of aliphatic imine (C=N–C) groups is 1. The van der Waals surface area contributed by atoms with E-state index >= 15 is 0 Å². The lowest BCUT2D eigenvalue weighted by molar-refractivity contribution is 0.170. The fourth-order valence-corrected chi connectivity index (χ4v) is 2.81. The molecule has 1 aromatic rings. The second-order valence-corrected chi connectivity index (χ2v) is 5.75. The molecular weight excluding hydrogens is 364 g/mol. The van der Waals surface area contributed by atoms with Crippen molar-refractivity contribution < 1.29 is 4.74 Å². The molecule has 0 spiro atoms. The summed E-state index contributed by atoms with van der Waals surface area (Å²) in [5.74, 6) is 0.824. The van der Waals surface area contributed by atoms with Crippen LogP contribution in [0.5, 0.6) is 0 Å². The molecule has 2 rings (SSSR count). The molecule has 0 saturated carbocycles. The molecule has 0 amide bonds. The summed E-state index contributed by atoms with van der Waals surface area (Å²) >= 11 is 1.68. The molecule has 0 unspecified atom stereocenters. The lowest BCUT2D eigenvalue weighted by atomic mass is 10.2. The van der Waals surface area contributed by atoms with Crippen LogP contribution in [-0.2, 0) is 10.5 Å². The Morgan fingerprint density at radius 3 is 3.05 bits per heavy atom. The van der Waals surface area contributed by atoms with E-state index in [9.17, 15) is 0 Å². The van der Waals surface area contributed by atoms with Gasteiger partial charge >= 0.3 is 0 Å². The van der Waals surface area contributed by atoms with Crippen molar-refractivity contribution in [2.24, 2.45) is 4.99 Å². The quantitative estimate of drug-likeness (QED) is 0.763. The van der Waals surface area contributed by atoms with Crippen LogP contribution >= 0.6 is 28.7 Å². The van der Waals surface area contributed by atoms with Crippen molar-refractivity contribution in [3.63, 3.8) is 0 Å². The molecule has 5 nitrogen and oxygen atoms in total. The summed E-state index contributed by atoms with van der Waals surface area (Å²) in [5.41, 5.74) is 1.85. The van der Waals surface area contributed by atoms with E-state index in [0.717, 1.165) is 49.4 Å². The van der Waals surface area contributed by atoms with E-state index in [2.05, 4.69) is 21.3 Å². The zero-order chi connectivity index (χ0) is 14.9. The first-order valence-corrected chi connectivity index (χ1v) is 7.92. The number of nitriles is 1. The molecule has 0 radical (unpaired) electrons. The number of nitrogens with one attached hydrogen (secondary N) is 1. The van der Waals surface area contributed by atoms with E-state index in [0.29, 0.717) is 5.56 Å². The second-order valence-electron chi connectivity index (χ2n) is 4.78. The maximum absolute atomic E-state index is 8.89. The number of methoxy groups -OCH3 is 1. The van der Waals surface area contributed by atoms with Crippen molar-refractivity contribution >= 4 is 33.9 Å². The normalized spacial score (nSPS) is 14.5. The highest BCUT2D eigenvalue weighted by Crippen LogP contribution is 2.15. The Hall–Kier alpha value is -1.07. The van der Waals surface area contributed by atoms with Crippen molar-refractivity contribution in [1.29, 1.82) is 5.26 Å². The summed E-state index contributed by atoms with van der Waals surface area (Å²) < 4.78 is 5.05. The number of halogens is 1. The van der Waals surface area contributed by atoms with Gasteiger partial charge in [-0.05, 0) is 24.1 Å². The standard InChI is InChI=1S/C15H20N4OS.BrH/c1-20-7-3-6-19-11-17-15(18-12-19)21-10-14-5-2-4-13(8-14)9-16;/h2,4-5,8H,3,6-7,10-12H2,1H3,(H,17,18);1H. The average Bonchev–Trinajstić information content (AvgIpc) is 2.54. The average molecular weight is 385 g/mol. The number of hydrogen-bond donors (Lipinski definition) is 1. The summed E-state index contributed by atoms with van der Waals surface area (Å²) in [6, 6.07) is 9.86. The van der Waals surface area contributed by atoms with Gasteiger partial charge in [0.15, 0.2) is 5.17 Å². The zero-order valence-corrected chi connectivity index (χ0v) is 15.1. The predicted molar refractivity (Wildman–Crippen MR) is 96.3 cm³/mol. The van der Waals surface area contributed by atoms with Crippen LogP contribution in [0.3, 0.4) is 0 Å². The van der Waals surface area contributed by atoms with Crippen molar-refractivity contribution in [3.8, 4) is 6.07 Å². The summed E-state index contributed by atoms with van der Waals surface area (Å²) in [7, 11) is 1.72. The molecule has 0 atom stereocenters. The number of ether oxygens (including phenoxy) is 1. The van der Waals surface area contributed by atoms with Gasteiger partial charge in [-0.2, -0.15) is 5.26 Å². The van der Waals surface area contributed by atoms with E-state index in [1.54, 1.807) is 18.9 Å². The van der Waals surface area contributed by atoms with Crippen molar-refractivity contribution in [1.82, 2.24) is 10.2 Å². The van der Waals surface area contributed by atoms with Crippen molar-refractivity contribution in [2.45, 2.75) is 12.2 Å². The number of rotatable bonds is 6. The van der Waals surface area contributed by atoms with Gasteiger partial charge in [0.05, 0.1) is 25.0 Å². The van der Waals surface area contributed by atoms with E-state index in [1.807, 2.05) is 24.3 Å². The third kappa shape index (κ3) is 6.36. The SMILES string of the molecule is Br.COCCCN1CN=C(SCc2cccc(C#N)c2)NC1. The molecule has 7 heteroatoms. The van der Waals surface area contributed by atoms with Crippen LogP contribution in [0.25, 0.3) is 0 Å². The van der Waals surface area contributed by atoms with Crippen LogP contribution in [0.15, 0.2) is 29.3 Å². The molecule has 1 heterocycles. The van der Waals surface area contributed by atoms with Crippen LogP contribution in [-0.4, -0.2) is 43.7 Å². The lowest BCUT2D eigenvalue weighted by Gasteiger charge is -2.26. The van der Waals surface area contributed by atoms with Gasteiger partial charge in [-0.15, -0.1) is 17.0 Å². The third-order valence-electron chi connectivity index (χ3n) is 3.12. The highest BCUT2D eigenvalue weighted by atomic mass is 79.9. The minimum atomic E-state index is 0. The molecule has 22 heavy (non-hydrogen) atoms. The highest BCUT2D eigenvalue weighted by molar-refractivity contribution is 8.93. The summed E-state index contributed by atoms with van der Waals surface area (Å²) in [5, 5.41) is 13.2. The van der Waals surface area contributed by atoms with E-state index in [4.69, 9.17) is 10.00 Å². The maximum atomic E-state index is 8.89. The molecule has 0 fully saturated rings. The molecule has 0 aromatic heterocycles. The summed E-state index contributed by atoms with van der Waals surface area (Å²) in [4.78, 5) is 6.79. The minimum absolute atomic E-state index is 0. The van der Waals surface area contributed by atoms with Crippen LogP contribution in [0.1, 0.15) is 17.5 Å². The first-order valence-electron chi connectivity index (χ1n) is 6.93. The molecule has 1 N–H and O–H groups in total. The van der Waals surface area contributed by atoms with Gasteiger partial charge < -0.3 is 10.1 Å². The summed E-state index contributed by atoms with van der Waals surface area (Å²) in [6.07, 6.45) is 1.02. The minimum Gasteiger partial charge on any atom is -0.385 e. The van der Waals surface area contributed by atoms with Crippen LogP contribution in [0.4, 0.5) is 0 Å². The molecule has 0 bridgehead atoms. The molecule has 1 aliphatic heterocycles. The fraction of sp³-hybridized carbons (Fsp3) is 0.467. The molecule has 0 saturated heterocycles. The number of thioether (sulfide) groups is 1. The van der Waals surface area contributed by atoms with Crippen molar-refractivity contribution in [2.75, 3.05) is 33.6 Å². The van der Waals surface area contributed by atoms with Gasteiger partial charge in [-0.3, -0.25) is 4.90 Å². The van der Waals surface area contributed by atoms with Gasteiger partial charge in [0.2, 0.25) is 0 Å². The number of amidine groups is 1. The third-order valence-corrected chi connectivity index (χ3v) is 4.15. The largest absolute Gasteiger partial charge is 0.385 e. The Balaban J connectivity index is 0.00000242. The molecule has 1 aromatic carbocycles. The van der Waals surface area contributed by atoms with Gasteiger partial charge in [0.25, 0.3) is 0 Å². The predicted octanol–water partition coefficient (Wildman–Crippen LogP) is 2.58. The molecule has 1 aliphatic rings. The number of benzene rings is 1. The first kappa shape index (κ1) is 19.0. The van der Waals surface area contributed by atoms with E-state index in [1.165, 1.54) is 0 Å². The molecule has 0 aliphatic carbocycles. The smallest absolute Gasteiger partial charge is 0.159 e. The highest BCUT2D eigenvalue weighted by Gasteiger charge is 2.11. The Kier molecular flexibility index (Phi) is 9.16. The first-order chi connectivity index (χ1) is 10.3. The maximum Gasteiger partial charge on any atom is 0.159 e. The molecule has 120 valence electrons. The van der Waals surface area contributed by atoms with E-state index in [-0.39, 0.29) is 17.0 Å². The van der Waals surface area contributed by atoms with Gasteiger partial charge in [0, 0.05) is 26.0 Å². The number of hydrogen-bond acceptors (Lipinski definition) is 6. The van der Waals surface area contributed by atoms with E-state index < -0.39 is 0 Å². The van der Waals surface area contributed by atoms with Crippen molar-refractivity contribution in [3.05, 3.63) is 35.4 Å². The van der Waals surface area contributed by atoms with Gasteiger partial charge in [-0.1, -0.05) is 23.9 Å². The second kappa shape index (κ2) is 10.6. The monoisotopic (exact) mass is 384 g/mol. The van der Waals surface area contributed by atoms with Gasteiger partial charge in [-0.25, -0.2) is 4.99 Å². The van der Waals surface area contributed by atoms with Crippen LogP contribution in [0, 0.1) is 11.3 Å². The Morgan fingerprint density at radius 2 is 2.36 bits per heavy atom. The fourth-order valence-electron chi connectivity index (χ4n) is 2.01. The van der Waals surface area contributed by atoms with Gasteiger partial charge in [0.1, 0.15) is 0 Å². The topological polar surface area (TPSA) is 60.6 Å². The Bertz CT molecular complexity index is 533. The Morgan fingerprint density at radius 1 is 1.50 bits per heavy atom. The van der Waals surface area contributed by atoms with Crippen LogP contribution in [0.2, 0.25) is 0 Å². The Labute approximate surface area is 146 Å². The summed E-state index contributed by atoms with van der Waals surface area (Å²) in [6.45, 7) is 3.34. The zero-order valence-electron chi connectivity index (χ0n) is 12.6. The van der Waals surface area contributed by atoms with Crippen LogP contribution < -0.4 is 5.32 Å². The number of nitrogens with zero attached hydrogens (tertiary/aromatic N) is 3.